The molecule has 0 radical (unpaired) electrons. The highest BCUT2D eigenvalue weighted by Gasteiger charge is 2.10. The molecule has 1 aromatic carbocycles. The Bertz CT molecular complexity index is 522. The average Bonchev–Trinajstić information content (AvgIpc) is 2.81. The quantitative estimate of drug-likeness (QED) is 0.819. The Balaban J connectivity index is 2.16. The van der Waals surface area contributed by atoms with Crippen molar-refractivity contribution >= 4 is 0 Å². The van der Waals surface area contributed by atoms with Gasteiger partial charge in [0.05, 0.1) is 12.1 Å². The lowest BCUT2D eigenvalue weighted by Crippen LogP contribution is -2.12. The molecule has 0 saturated heterocycles. The summed E-state index contributed by atoms with van der Waals surface area (Å²) in [6.45, 7) is 3.55. The van der Waals surface area contributed by atoms with Crippen LogP contribution in [0.3, 0.4) is 0 Å². The van der Waals surface area contributed by atoms with Crippen molar-refractivity contribution in [2.75, 3.05) is 6.54 Å². The Morgan fingerprint density at radius 3 is 2.78 bits per heavy atom. The fourth-order valence-electron chi connectivity index (χ4n) is 1.69. The van der Waals surface area contributed by atoms with Crippen LogP contribution in [0.15, 0.2) is 34.7 Å². The van der Waals surface area contributed by atoms with Crippen LogP contribution in [0.25, 0.3) is 11.3 Å². The molecule has 0 unspecified atom stereocenters. The molecule has 1 heterocycles. The lowest BCUT2D eigenvalue weighted by Gasteiger charge is -2.01. The first-order chi connectivity index (χ1) is 8.70. The van der Waals surface area contributed by atoms with Crippen LogP contribution in [0.1, 0.15) is 19.1 Å². The lowest BCUT2D eigenvalue weighted by molar-refractivity contribution is 0.489. The van der Waals surface area contributed by atoms with Gasteiger partial charge < -0.3 is 9.73 Å². The molecule has 1 aromatic heterocycles. The summed E-state index contributed by atoms with van der Waals surface area (Å²) in [7, 11) is 0. The molecular weight excluding hydrogens is 236 g/mol. The molecule has 2 rings (SSSR count). The van der Waals surface area contributed by atoms with E-state index >= 15 is 0 Å². The zero-order chi connectivity index (χ0) is 13.0. The van der Waals surface area contributed by atoms with Crippen molar-refractivity contribution in [3.05, 3.63) is 47.7 Å². The van der Waals surface area contributed by atoms with Crippen molar-refractivity contribution in [1.29, 1.82) is 0 Å². The number of furan rings is 1. The van der Waals surface area contributed by atoms with Crippen molar-refractivity contribution in [3.63, 3.8) is 0 Å². The van der Waals surface area contributed by atoms with Crippen molar-refractivity contribution in [2.24, 2.45) is 0 Å². The summed E-state index contributed by atoms with van der Waals surface area (Å²) in [4.78, 5) is 0. The predicted octanol–water partition coefficient (Wildman–Crippen LogP) is 3.72. The zero-order valence-electron chi connectivity index (χ0n) is 10.2. The smallest absolute Gasteiger partial charge is 0.137 e. The molecule has 0 amide bonds. The molecule has 2 nitrogen and oxygen atoms in total. The third kappa shape index (κ3) is 2.96. The largest absolute Gasteiger partial charge is 0.460 e. The van der Waals surface area contributed by atoms with E-state index in [1.165, 1.54) is 0 Å². The van der Waals surface area contributed by atoms with Crippen LogP contribution in [0, 0.1) is 11.6 Å². The summed E-state index contributed by atoms with van der Waals surface area (Å²) < 4.78 is 32.1. The summed E-state index contributed by atoms with van der Waals surface area (Å²) in [6.07, 6.45) is 1.03. The summed E-state index contributed by atoms with van der Waals surface area (Å²) in [5.41, 5.74) is 0.150. The Morgan fingerprint density at radius 2 is 2.00 bits per heavy atom. The molecule has 0 fully saturated rings. The number of hydrogen-bond acceptors (Lipinski definition) is 2. The van der Waals surface area contributed by atoms with E-state index in [0.29, 0.717) is 18.1 Å². The molecule has 0 bridgehead atoms. The number of hydrogen-bond donors (Lipinski definition) is 1. The maximum Gasteiger partial charge on any atom is 0.137 e. The first kappa shape index (κ1) is 12.8. The number of benzene rings is 1. The third-order valence-electron chi connectivity index (χ3n) is 2.58. The summed E-state index contributed by atoms with van der Waals surface area (Å²) in [5, 5.41) is 3.18. The highest BCUT2D eigenvalue weighted by Crippen LogP contribution is 2.25. The zero-order valence-corrected chi connectivity index (χ0v) is 10.2. The summed E-state index contributed by atoms with van der Waals surface area (Å²) in [5.74, 6) is 0.0923. The maximum atomic E-state index is 13.5. The van der Waals surface area contributed by atoms with Crippen molar-refractivity contribution in [1.82, 2.24) is 5.32 Å². The molecule has 0 aliphatic rings. The molecule has 0 spiro atoms. The van der Waals surface area contributed by atoms with E-state index in [-0.39, 0.29) is 5.56 Å². The van der Waals surface area contributed by atoms with Gasteiger partial charge in [0.2, 0.25) is 0 Å². The molecule has 0 aliphatic carbocycles. The minimum Gasteiger partial charge on any atom is -0.460 e. The van der Waals surface area contributed by atoms with Gasteiger partial charge in [-0.15, -0.1) is 0 Å². The van der Waals surface area contributed by atoms with Gasteiger partial charge in [-0.1, -0.05) is 6.92 Å². The van der Waals surface area contributed by atoms with Crippen LogP contribution in [0.2, 0.25) is 0 Å². The van der Waals surface area contributed by atoms with Gasteiger partial charge in [-0.05, 0) is 43.3 Å². The summed E-state index contributed by atoms with van der Waals surface area (Å²) in [6, 6.07) is 6.74. The topological polar surface area (TPSA) is 25.2 Å². The second-order valence-electron chi connectivity index (χ2n) is 4.07. The molecule has 18 heavy (non-hydrogen) atoms. The van der Waals surface area contributed by atoms with Crippen molar-refractivity contribution in [2.45, 2.75) is 19.9 Å². The molecule has 4 heteroatoms. The van der Waals surface area contributed by atoms with E-state index in [9.17, 15) is 8.78 Å². The van der Waals surface area contributed by atoms with E-state index in [1.54, 1.807) is 12.1 Å². The van der Waals surface area contributed by atoms with E-state index in [4.69, 9.17) is 4.42 Å². The van der Waals surface area contributed by atoms with Crippen LogP contribution in [0.4, 0.5) is 8.78 Å². The first-order valence-corrected chi connectivity index (χ1v) is 5.95. The van der Waals surface area contributed by atoms with Gasteiger partial charge in [0.25, 0.3) is 0 Å². The van der Waals surface area contributed by atoms with Gasteiger partial charge in [-0.25, -0.2) is 8.78 Å². The predicted molar refractivity (Wildman–Crippen MR) is 66.1 cm³/mol. The number of halogens is 2. The second kappa shape index (κ2) is 5.78. The van der Waals surface area contributed by atoms with E-state index in [0.717, 1.165) is 31.2 Å². The number of rotatable bonds is 5. The van der Waals surface area contributed by atoms with Crippen LogP contribution < -0.4 is 5.32 Å². The fourth-order valence-corrected chi connectivity index (χ4v) is 1.69. The van der Waals surface area contributed by atoms with Crippen molar-refractivity contribution < 1.29 is 13.2 Å². The van der Waals surface area contributed by atoms with Crippen LogP contribution in [0.5, 0.6) is 0 Å². The van der Waals surface area contributed by atoms with Gasteiger partial charge >= 0.3 is 0 Å². The third-order valence-corrected chi connectivity index (χ3v) is 2.58. The molecule has 1 N–H and O–H groups in total. The molecule has 0 atom stereocenters. The SMILES string of the molecule is CCCNCc1ccc(-c2cc(F)ccc2F)o1. The molecular formula is C14H15F2NO. The second-order valence-corrected chi connectivity index (χ2v) is 4.07. The molecule has 0 aliphatic heterocycles. The highest BCUT2D eigenvalue weighted by molar-refractivity contribution is 5.58. The average molecular weight is 251 g/mol. The first-order valence-electron chi connectivity index (χ1n) is 5.95. The van der Waals surface area contributed by atoms with Crippen LogP contribution in [-0.4, -0.2) is 6.54 Å². The maximum absolute atomic E-state index is 13.5. The summed E-state index contributed by atoms with van der Waals surface area (Å²) >= 11 is 0. The van der Waals surface area contributed by atoms with Gasteiger partial charge in [0.1, 0.15) is 23.2 Å². The van der Waals surface area contributed by atoms with E-state index in [1.807, 2.05) is 0 Å². The Kier molecular flexibility index (Phi) is 4.10. The fraction of sp³-hybridized carbons (Fsp3) is 0.286. The van der Waals surface area contributed by atoms with E-state index < -0.39 is 11.6 Å². The molecule has 0 saturated carbocycles. The van der Waals surface area contributed by atoms with Gasteiger partial charge in [-0.3, -0.25) is 0 Å². The Hall–Kier alpha value is -1.68. The lowest BCUT2D eigenvalue weighted by atomic mass is 10.1. The number of nitrogens with one attached hydrogen (secondary N) is 1. The van der Waals surface area contributed by atoms with Crippen LogP contribution >= 0.6 is 0 Å². The minimum absolute atomic E-state index is 0.150. The minimum atomic E-state index is -0.487. The molecule has 96 valence electrons. The Morgan fingerprint density at radius 1 is 1.17 bits per heavy atom. The monoisotopic (exact) mass is 251 g/mol. The standard InChI is InChI=1S/C14H15F2NO/c1-2-7-17-9-11-4-6-14(18-11)12-8-10(15)3-5-13(12)16/h3-6,8,17H,2,7,9H2,1H3. The normalized spacial score (nSPS) is 10.8. The van der Waals surface area contributed by atoms with Crippen molar-refractivity contribution in [3.8, 4) is 11.3 Å². The van der Waals surface area contributed by atoms with Crippen LogP contribution in [-0.2, 0) is 6.54 Å². The Labute approximate surface area is 105 Å². The molecule has 2 aromatic rings. The van der Waals surface area contributed by atoms with Gasteiger partial charge in [0.15, 0.2) is 0 Å². The highest BCUT2D eigenvalue weighted by atomic mass is 19.1. The van der Waals surface area contributed by atoms with Gasteiger partial charge in [-0.2, -0.15) is 0 Å². The van der Waals surface area contributed by atoms with Gasteiger partial charge in [0, 0.05) is 0 Å². The van der Waals surface area contributed by atoms with E-state index in [2.05, 4.69) is 12.2 Å².